The molecular formula is C16H21N3O3. The Morgan fingerprint density at radius 2 is 2.32 bits per heavy atom. The number of hydrogen-bond acceptors (Lipinski definition) is 3. The molecule has 0 spiro atoms. The van der Waals surface area contributed by atoms with Gasteiger partial charge in [0, 0.05) is 32.3 Å². The van der Waals surface area contributed by atoms with Crippen LogP contribution >= 0.6 is 0 Å². The van der Waals surface area contributed by atoms with E-state index in [4.69, 9.17) is 4.74 Å². The van der Waals surface area contributed by atoms with Crippen molar-refractivity contribution in [2.75, 3.05) is 19.7 Å². The van der Waals surface area contributed by atoms with Gasteiger partial charge in [-0.3, -0.25) is 9.36 Å². The number of amides is 1. The second-order valence-corrected chi connectivity index (χ2v) is 5.70. The molecule has 0 aliphatic carbocycles. The fourth-order valence-corrected chi connectivity index (χ4v) is 2.94. The molecule has 1 fully saturated rings. The van der Waals surface area contributed by atoms with Crippen LogP contribution in [0.3, 0.4) is 0 Å². The summed E-state index contributed by atoms with van der Waals surface area (Å²) >= 11 is 0. The molecule has 0 radical (unpaired) electrons. The van der Waals surface area contributed by atoms with Crippen LogP contribution in [0.2, 0.25) is 0 Å². The quantitative estimate of drug-likeness (QED) is 0.931. The average molecular weight is 303 g/mol. The lowest BCUT2D eigenvalue weighted by Crippen LogP contribution is -2.37. The minimum atomic E-state index is -0.175. The molecule has 1 N–H and O–H groups in total. The predicted molar refractivity (Wildman–Crippen MR) is 84.1 cm³/mol. The lowest BCUT2D eigenvalue weighted by atomic mass is 10.1. The Hall–Kier alpha value is -2.08. The maximum Gasteiger partial charge on any atom is 0.326 e. The summed E-state index contributed by atoms with van der Waals surface area (Å²) in [6.07, 6.45) is 2.21. The summed E-state index contributed by atoms with van der Waals surface area (Å²) in [4.78, 5) is 28.9. The van der Waals surface area contributed by atoms with E-state index in [0.717, 1.165) is 25.0 Å². The Morgan fingerprint density at radius 3 is 3.00 bits per heavy atom. The molecule has 0 bridgehead atoms. The van der Waals surface area contributed by atoms with Gasteiger partial charge in [-0.05, 0) is 38.0 Å². The largest absolute Gasteiger partial charge is 0.376 e. The van der Waals surface area contributed by atoms with Gasteiger partial charge in [0.05, 0.1) is 17.1 Å². The third-order valence-electron chi connectivity index (χ3n) is 4.27. The van der Waals surface area contributed by atoms with E-state index < -0.39 is 0 Å². The van der Waals surface area contributed by atoms with Gasteiger partial charge < -0.3 is 14.6 Å². The van der Waals surface area contributed by atoms with Crippen molar-refractivity contribution in [3.05, 3.63) is 34.2 Å². The van der Waals surface area contributed by atoms with Crippen LogP contribution in [0.15, 0.2) is 23.0 Å². The highest BCUT2D eigenvalue weighted by molar-refractivity contribution is 5.97. The zero-order chi connectivity index (χ0) is 15.7. The number of fused-ring (bicyclic) bond motifs is 1. The molecule has 0 saturated carbocycles. The van der Waals surface area contributed by atoms with Crippen LogP contribution in [0.25, 0.3) is 11.0 Å². The highest BCUT2D eigenvalue weighted by Gasteiger charge is 2.22. The van der Waals surface area contributed by atoms with Gasteiger partial charge in [-0.1, -0.05) is 0 Å². The normalized spacial score (nSPS) is 18.0. The highest BCUT2D eigenvalue weighted by atomic mass is 16.5. The minimum absolute atomic E-state index is 0.0235. The molecular weight excluding hydrogens is 282 g/mol. The van der Waals surface area contributed by atoms with Gasteiger partial charge >= 0.3 is 5.69 Å². The fourth-order valence-electron chi connectivity index (χ4n) is 2.94. The van der Waals surface area contributed by atoms with Crippen LogP contribution in [-0.4, -0.2) is 46.2 Å². The molecule has 3 rings (SSSR count). The molecule has 22 heavy (non-hydrogen) atoms. The molecule has 1 aromatic carbocycles. The molecule has 2 heterocycles. The number of aromatic nitrogens is 2. The molecule has 118 valence electrons. The molecule has 6 nitrogen and oxygen atoms in total. The molecule has 1 unspecified atom stereocenters. The molecule has 6 heteroatoms. The fraction of sp³-hybridized carbons (Fsp3) is 0.500. The zero-order valence-electron chi connectivity index (χ0n) is 13.0. The molecule has 1 atom stereocenters. The first-order chi connectivity index (χ1) is 10.6. The van der Waals surface area contributed by atoms with E-state index in [1.165, 1.54) is 4.57 Å². The molecule has 2 aromatic rings. The van der Waals surface area contributed by atoms with Gasteiger partial charge in [-0.25, -0.2) is 4.79 Å². The number of H-pyrrole nitrogens is 1. The van der Waals surface area contributed by atoms with Crippen LogP contribution in [0.5, 0.6) is 0 Å². The molecule has 1 aliphatic heterocycles. The van der Waals surface area contributed by atoms with Crippen LogP contribution in [0, 0.1) is 0 Å². The third-order valence-corrected chi connectivity index (χ3v) is 4.27. The number of benzene rings is 1. The number of aryl methyl sites for hydroxylation is 1. The van der Waals surface area contributed by atoms with Crippen LogP contribution in [0.1, 0.15) is 30.1 Å². The Bertz CT molecular complexity index is 741. The van der Waals surface area contributed by atoms with Gasteiger partial charge in [-0.15, -0.1) is 0 Å². The second kappa shape index (κ2) is 5.96. The molecule has 1 saturated heterocycles. The van der Waals surface area contributed by atoms with E-state index in [0.29, 0.717) is 24.2 Å². The Kier molecular flexibility index (Phi) is 4.02. The summed E-state index contributed by atoms with van der Waals surface area (Å²) in [6, 6.07) is 5.33. The number of likely N-dealkylation sites (N-methyl/N-ethyl adjacent to an activating group) is 1. The van der Waals surface area contributed by atoms with Crippen molar-refractivity contribution < 1.29 is 9.53 Å². The number of aromatic amines is 1. The van der Waals surface area contributed by atoms with E-state index in [1.807, 2.05) is 6.92 Å². The number of nitrogens with one attached hydrogen (secondary N) is 1. The first-order valence-corrected chi connectivity index (χ1v) is 7.69. The first-order valence-electron chi connectivity index (χ1n) is 7.69. The average Bonchev–Trinajstić information content (AvgIpc) is 3.13. The summed E-state index contributed by atoms with van der Waals surface area (Å²) in [7, 11) is 1.71. The number of ether oxygens (including phenoxy) is 1. The number of carbonyl (C=O) groups is 1. The number of nitrogens with zero attached hydrogens (tertiary/aromatic N) is 2. The van der Waals surface area contributed by atoms with E-state index in [1.54, 1.807) is 30.1 Å². The number of hydrogen-bond donors (Lipinski definition) is 1. The summed E-state index contributed by atoms with van der Waals surface area (Å²) in [5.74, 6) is -0.0235. The first kappa shape index (κ1) is 14.8. The summed E-state index contributed by atoms with van der Waals surface area (Å²) in [5.41, 5.74) is 1.90. The summed E-state index contributed by atoms with van der Waals surface area (Å²) in [6.45, 7) is 4.02. The number of imidazole rings is 1. The lowest BCUT2D eigenvalue weighted by Gasteiger charge is -2.24. The zero-order valence-corrected chi connectivity index (χ0v) is 13.0. The van der Waals surface area contributed by atoms with Crippen molar-refractivity contribution in [1.82, 2.24) is 14.5 Å². The van der Waals surface area contributed by atoms with E-state index in [2.05, 4.69) is 4.98 Å². The number of carbonyl (C=O) groups excluding carboxylic acids is 1. The predicted octanol–water partition coefficient (Wildman–Crippen LogP) is 1.51. The monoisotopic (exact) mass is 303 g/mol. The van der Waals surface area contributed by atoms with Crippen LogP contribution < -0.4 is 5.69 Å². The standard InChI is InChI=1S/C16H21N3O3/c1-3-19(10-12-5-4-8-22-12)15(20)11-6-7-14-13(9-11)17-16(21)18(14)2/h6-7,9,12H,3-5,8,10H2,1-2H3,(H,17,21). The maximum atomic E-state index is 12.7. The van der Waals surface area contributed by atoms with Gasteiger partial charge in [0.2, 0.25) is 0 Å². The molecule has 1 aromatic heterocycles. The van der Waals surface area contributed by atoms with Gasteiger partial charge in [-0.2, -0.15) is 0 Å². The summed E-state index contributed by atoms with van der Waals surface area (Å²) < 4.78 is 7.15. The minimum Gasteiger partial charge on any atom is -0.376 e. The van der Waals surface area contributed by atoms with Crippen molar-refractivity contribution in [2.45, 2.75) is 25.9 Å². The topological polar surface area (TPSA) is 67.3 Å². The van der Waals surface area contributed by atoms with Crippen molar-refractivity contribution >= 4 is 16.9 Å². The van der Waals surface area contributed by atoms with Crippen molar-refractivity contribution in [3.8, 4) is 0 Å². The van der Waals surface area contributed by atoms with Gasteiger partial charge in [0.1, 0.15) is 0 Å². The lowest BCUT2D eigenvalue weighted by molar-refractivity contribution is 0.0539. The highest BCUT2D eigenvalue weighted by Crippen LogP contribution is 2.17. The van der Waals surface area contributed by atoms with E-state index in [9.17, 15) is 9.59 Å². The smallest absolute Gasteiger partial charge is 0.326 e. The molecule has 1 amide bonds. The van der Waals surface area contributed by atoms with E-state index in [-0.39, 0.29) is 17.7 Å². The SMILES string of the molecule is CCN(CC1CCCO1)C(=O)c1ccc2c(c1)[nH]c(=O)n2C. The van der Waals surface area contributed by atoms with Crippen LogP contribution in [-0.2, 0) is 11.8 Å². The third kappa shape index (κ3) is 2.66. The maximum absolute atomic E-state index is 12.7. The van der Waals surface area contributed by atoms with Crippen molar-refractivity contribution in [1.29, 1.82) is 0 Å². The molecule has 1 aliphatic rings. The van der Waals surface area contributed by atoms with E-state index >= 15 is 0 Å². The second-order valence-electron chi connectivity index (χ2n) is 5.70. The van der Waals surface area contributed by atoms with Crippen molar-refractivity contribution in [2.24, 2.45) is 7.05 Å². The van der Waals surface area contributed by atoms with Crippen molar-refractivity contribution in [3.63, 3.8) is 0 Å². The number of rotatable bonds is 4. The summed E-state index contributed by atoms with van der Waals surface area (Å²) in [5, 5.41) is 0. The Balaban J connectivity index is 1.84. The Labute approximate surface area is 128 Å². The van der Waals surface area contributed by atoms with Crippen LogP contribution in [0.4, 0.5) is 0 Å². The Morgan fingerprint density at radius 1 is 1.50 bits per heavy atom. The van der Waals surface area contributed by atoms with Gasteiger partial charge in [0.15, 0.2) is 0 Å². The van der Waals surface area contributed by atoms with Gasteiger partial charge in [0.25, 0.3) is 5.91 Å².